The van der Waals surface area contributed by atoms with Gasteiger partial charge in [0.2, 0.25) is 0 Å². The first kappa shape index (κ1) is 9.71. The molecule has 0 bridgehead atoms. The van der Waals surface area contributed by atoms with Crippen LogP contribution < -0.4 is 5.32 Å². The Balaban J connectivity index is 2.23. The van der Waals surface area contributed by atoms with E-state index in [1.807, 2.05) is 19.1 Å². The van der Waals surface area contributed by atoms with Gasteiger partial charge in [0, 0.05) is 17.5 Å². The van der Waals surface area contributed by atoms with Gasteiger partial charge in [-0.1, -0.05) is 6.92 Å². The van der Waals surface area contributed by atoms with Gasteiger partial charge in [-0.05, 0) is 24.6 Å². The van der Waals surface area contributed by atoms with Gasteiger partial charge in [0.05, 0.1) is 11.7 Å². The summed E-state index contributed by atoms with van der Waals surface area (Å²) in [5.41, 5.74) is 1.62. The summed E-state index contributed by atoms with van der Waals surface area (Å²) in [5.74, 6) is -0.0278. The first-order chi connectivity index (χ1) is 7.31. The molecule has 1 heterocycles. The van der Waals surface area contributed by atoms with Crippen molar-refractivity contribution >= 4 is 16.8 Å². The minimum Gasteiger partial charge on any atom is -0.352 e. The average Bonchev–Trinajstić information content (AvgIpc) is 2.72. The molecule has 1 aromatic heterocycles. The van der Waals surface area contributed by atoms with Crippen molar-refractivity contribution in [1.82, 2.24) is 15.5 Å². The van der Waals surface area contributed by atoms with Crippen molar-refractivity contribution in [3.8, 4) is 0 Å². The monoisotopic (exact) mass is 203 g/mol. The Morgan fingerprint density at radius 3 is 3.20 bits per heavy atom. The van der Waals surface area contributed by atoms with Crippen molar-refractivity contribution in [2.24, 2.45) is 0 Å². The molecule has 1 aromatic carbocycles. The third-order valence-corrected chi connectivity index (χ3v) is 2.24. The van der Waals surface area contributed by atoms with Gasteiger partial charge in [0.1, 0.15) is 0 Å². The zero-order valence-electron chi connectivity index (χ0n) is 8.58. The van der Waals surface area contributed by atoms with Crippen LogP contribution in [0.4, 0.5) is 0 Å². The molecule has 0 aliphatic carbocycles. The number of carbonyl (C=O) groups is 1. The van der Waals surface area contributed by atoms with Crippen molar-refractivity contribution in [3.63, 3.8) is 0 Å². The van der Waals surface area contributed by atoms with Gasteiger partial charge in [0.15, 0.2) is 0 Å². The molecule has 2 rings (SSSR count). The third kappa shape index (κ3) is 1.98. The predicted molar refractivity (Wildman–Crippen MR) is 58.7 cm³/mol. The van der Waals surface area contributed by atoms with E-state index in [4.69, 9.17) is 0 Å². The molecule has 1 amide bonds. The number of aromatic amines is 1. The van der Waals surface area contributed by atoms with E-state index in [2.05, 4.69) is 15.5 Å². The fourth-order valence-electron chi connectivity index (χ4n) is 1.42. The molecular weight excluding hydrogens is 190 g/mol. The summed E-state index contributed by atoms with van der Waals surface area (Å²) in [6.45, 7) is 2.74. The number of nitrogens with one attached hydrogen (secondary N) is 2. The normalized spacial score (nSPS) is 10.5. The Hall–Kier alpha value is -1.84. The number of nitrogens with zero attached hydrogens (tertiary/aromatic N) is 1. The second-order valence-electron chi connectivity index (χ2n) is 3.43. The number of benzene rings is 1. The largest absolute Gasteiger partial charge is 0.352 e. The van der Waals surface area contributed by atoms with Gasteiger partial charge in [-0.2, -0.15) is 5.10 Å². The van der Waals surface area contributed by atoms with E-state index in [0.717, 1.165) is 17.3 Å². The van der Waals surface area contributed by atoms with Crippen LogP contribution >= 0.6 is 0 Å². The molecule has 0 spiro atoms. The highest BCUT2D eigenvalue weighted by Crippen LogP contribution is 2.12. The first-order valence-corrected chi connectivity index (χ1v) is 5.02. The number of hydrogen-bond acceptors (Lipinski definition) is 2. The zero-order valence-corrected chi connectivity index (χ0v) is 8.58. The molecule has 15 heavy (non-hydrogen) atoms. The summed E-state index contributed by atoms with van der Waals surface area (Å²) in [5, 5.41) is 10.5. The van der Waals surface area contributed by atoms with Gasteiger partial charge in [-0.15, -0.1) is 0 Å². The minimum absolute atomic E-state index is 0.0278. The zero-order chi connectivity index (χ0) is 10.7. The molecule has 0 atom stereocenters. The Morgan fingerprint density at radius 2 is 2.40 bits per heavy atom. The third-order valence-electron chi connectivity index (χ3n) is 2.24. The molecule has 2 aromatic rings. The number of hydrogen-bond donors (Lipinski definition) is 2. The molecule has 0 saturated carbocycles. The summed E-state index contributed by atoms with van der Waals surface area (Å²) < 4.78 is 0. The lowest BCUT2D eigenvalue weighted by atomic mass is 10.1. The van der Waals surface area contributed by atoms with E-state index in [1.165, 1.54) is 0 Å². The Kier molecular flexibility index (Phi) is 2.67. The molecule has 4 heteroatoms. The molecule has 0 radical (unpaired) electrons. The second kappa shape index (κ2) is 4.13. The topological polar surface area (TPSA) is 57.8 Å². The van der Waals surface area contributed by atoms with Gasteiger partial charge in [-0.25, -0.2) is 0 Å². The van der Waals surface area contributed by atoms with Crippen LogP contribution in [0.5, 0.6) is 0 Å². The molecule has 0 fully saturated rings. The van der Waals surface area contributed by atoms with Crippen molar-refractivity contribution in [2.75, 3.05) is 6.54 Å². The summed E-state index contributed by atoms with van der Waals surface area (Å²) in [6, 6.07) is 5.50. The summed E-state index contributed by atoms with van der Waals surface area (Å²) in [6.07, 6.45) is 2.66. The molecule has 2 N–H and O–H groups in total. The van der Waals surface area contributed by atoms with Gasteiger partial charge < -0.3 is 5.32 Å². The van der Waals surface area contributed by atoms with E-state index in [-0.39, 0.29) is 5.91 Å². The highest BCUT2D eigenvalue weighted by Gasteiger charge is 2.05. The van der Waals surface area contributed by atoms with Crippen LogP contribution in [0.25, 0.3) is 10.9 Å². The number of aromatic nitrogens is 2. The van der Waals surface area contributed by atoms with Gasteiger partial charge in [-0.3, -0.25) is 9.89 Å². The van der Waals surface area contributed by atoms with Crippen molar-refractivity contribution in [2.45, 2.75) is 13.3 Å². The van der Waals surface area contributed by atoms with E-state index in [0.29, 0.717) is 12.1 Å². The summed E-state index contributed by atoms with van der Waals surface area (Å²) in [4.78, 5) is 11.6. The maximum atomic E-state index is 11.6. The minimum atomic E-state index is -0.0278. The van der Waals surface area contributed by atoms with Crippen molar-refractivity contribution in [3.05, 3.63) is 30.0 Å². The Bertz CT molecular complexity index is 475. The Morgan fingerprint density at radius 1 is 1.53 bits per heavy atom. The highest BCUT2D eigenvalue weighted by atomic mass is 16.1. The number of fused-ring (bicyclic) bond motifs is 1. The molecule has 4 nitrogen and oxygen atoms in total. The van der Waals surface area contributed by atoms with E-state index in [1.54, 1.807) is 12.3 Å². The molecule has 0 unspecified atom stereocenters. The van der Waals surface area contributed by atoms with Crippen LogP contribution in [-0.2, 0) is 0 Å². The molecule has 0 aliphatic heterocycles. The summed E-state index contributed by atoms with van der Waals surface area (Å²) in [7, 11) is 0. The fourth-order valence-corrected chi connectivity index (χ4v) is 1.42. The van der Waals surface area contributed by atoms with Gasteiger partial charge >= 0.3 is 0 Å². The lowest BCUT2D eigenvalue weighted by Gasteiger charge is -2.02. The van der Waals surface area contributed by atoms with Crippen LogP contribution in [0.2, 0.25) is 0 Å². The van der Waals surface area contributed by atoms with Gasteiger partial charge in [0.25, 0.3) is 5.91 Å². The second-order valence-corrected chi connectivity index (χ2v) is 3.43. The average molecular weight is 203 g/mol. The van der Waals surface area contributed by atoms with Crippen LogP contribution in [0.3, 0.4) is 0 Å². The molecule has 0 aliphatic rings. The number of amides is 1. The lowest BCUT2D eigenvalue weighted by Crippen LogP contribution is -2.23. The number of carbonyl (C=O) groups excluding carboxylic acids is 1. The maximum Gasteiger partial charge on any atom is 0.251 e. The number of rotatable bonds is 3. The van der Waals surface area contributed by atoms with Crippen LogP contribution in [0.1, 0.15) is 23.7 Å². The highest BCUT2D eigenvalue weighted by molar-refractivity contribution is 5.97. The quantitative estimate of drug-likeness (QED) is 0.797. The van der Waals surface area contributed by atoms with Crippen LogP contribution in [0, 0.1) is 0 Å². The Labute approximate surface area is 87.7 Å². The van der Waals surface area contributed by atoms with Crippen LogP contribution in [-0.4, -0.2) is 22.6 Å². The SMILES string of the molecule is CCCNC(=O)c1ccc2[nH]ncc2c1. The van der Waals surface area contributed by atoms with Crippen LogP contribution in [0.15, 0.2) is 24.4 Å². The standard InChI is InChI=1S/C11H13N3O/c1-2-5-12-11(15)8-3-4-10-9(6-8)7-13-14-10/h3-4,6-7H,2,5H2,1H3,(H,12,15)(H,13,14). The fraction of sp³-hybridized carbons (Fsp3) is 0.273. The van der Waals surface area contributed by atoms with Crippen molar-refractivity contribution in [1.29, 1.82) is 0 Å². The van der Waals surface area contributed by atoms with Crippen molar-refractivity contribution < 1.29 is 4.79 Å². The smallest absolute Gasteiger partial charge is 0.251 e. The molecule has 0 saturated heterocycles. The van der Waals surface area contributed by atoms with E-state index < -0.39 is 0 Å². The first-order valence-electron chi connectivity index (χ1n) is 5.02. The van der Waals surface area contributed by atoms with E-state index >= 15 is 0 Å². The number of H-pyrrole nitrogens is 1. The molecular formula is C11H13N3O. The molecule has 78 valence electrons. The predicted octanol–water partition coefficient (Wildman–Crippen LogP) is 1.70. The maximum absolute atomic E-state index is 11.6. The van der Waals surface area contributed by atoms with E-state index in [9.17, 15) is 4.79 Å². The lowest BCUT2D eigenvalue weighted by molar-refractivity contribution is 0.0954. The summed E-state index contributed by atoms with van der Waals surface area (Å²) >= 11 is 0.